The minimum absolute atomic E-state index is 0. The molecule has 2 aromatic heterocycles. The van der Waals surface area contributed by atoms with Crippen molar-refractivity contribution in [3.8, 4) is 5.95 Å². The normalized spacial score (nSPS) is 9.31. The summed E-state index contributed by atoms with van der Waals surface area (Å²) < 4.78 is 2.84. The molecule has 0 saturated carbocycles. The number of nitrogens with one attached hydrogen (secondary N) is 1. The molecule has 0 spiro atoms. The van der Waals surface area contributed by atoms with Gasteiger partial charge in [-0.1, -0.05) is 4.98 Å². The average Bonchev–Trinajstić information content (AvgIpc) is 2.53. The number of hydrogen-bond acceptors (Lipinski definition) is 3. The van der Waals surface area contributed by atoms with Crippen LogP contribution >= 0.6 is 22.6 Å². The van der Waals surface area contributed by atoms with Crippen molar-refractivity contribution in [2.75, 3.05) is 0 Å². The number of hydrogen-bond donors (Lipinski definition) is 0. The van der Waals surface area contributed by atoms with E-state index in [1.807, 2.05) is 4.57 Å². The zero-order valence-corrected chi connectivity index (χ0v) is 10.7. The molecule has 68 valence electrons. The van der Waals surface area contributed by atoms with Crippen molar-refractivity contribution in [1.29, 1.82) is 0 Å². The van der Waals surface area contributed by atoms with Gasteiger partial charge >= 0.3 is 5.95 Å². The lowest BCUT2D eigenvalue weighted by Crippen LogP contribution is -3.00. The number of rotatable bonds is 1. The Balaban J connectivity index is 0.000000845. The molecule has 5 nitrogen and oxygen atoms in total. The average molecular weight is 401 g/mol. The molecule has 0 fully saturated rings. The Hall–Kier alpha value is -0.320. The Morgan fingerprint density at radius 3 is 2.77 bits per heavy atom. The maximum absolute atomic E-state index is 4.03. The van der Waals surface area contributed by atoms with E-state index in [9.17, 15) is 0 Å². The van der Waals surface area contributed by atoms with E-state index in [0.717, 1.165) is 3.70 Å². The summed E-state index contributed by atoms with van der Waals surface area (Å²) in [6, 6.07) is 0. The van der Waals surface area contributed by atoms with Crippen LogP contribution in [0.1, 0.15) is 0 Å². The molecule has 7 heteroatoms. The third-order valence-corrected chi connectivity index (χ3v) is 2.13. The lowest BCUT2D eigenvalue weighted by atomic mass is 10.8. The summed E-state index contributed by atoms with van der Waals surface area (Å²) in [6.45, 7) is 0. The first-order valence-electron chi connectivity index (χ1n) is 3.24. The smallest absolute Gasteiger partial charge is 0.360 e. The third kappa shape index (κ3) is 2.33. The molecule has 2 rings (SSSR count). The van der Waals surface area contributed by atoms with Crippen LogP contribution in [0.25, 0.3) is 5.95 Å². The Labute approximate surface area is 105 Å². The van der Waals surface area contributed by atoms with E-state index >= 15 is 0 Å². The Morgan fingerprint density at radius 1 is 1.38 bits per heavy atom. The minimum atomic E-state index is 0. The highest BCUT2D eigenvalue weighted by Gasteiger charge is 2.08. The van der Waals surface area contributed by atoms with Gasteiger partial charge < -0.3 is 24.0 Å². The van der Waals surface area contributed by atoms with Gasteiger partial charge in [-0.25, -0.2) is 9.97 Å². The van der Waals surface area contributed by atoms with Crippen molar-refractivity contribution in [1.82, 2.24) is 19.5 Å². The summed E-state index contributed by atoms with van der Waals surface area (Å²) in [5, 5.41) is 0. The third-order valence-electron chi connectivity index (χ3n) is 1.34. The van der Waals surface area contributed by atoms with Crippen molar-refractivity contribution in [3.05, 3.63) is 28.9 Å². The molecule has 0 bridgehead atoms. The highest BCUT2D eigenvalue weighted by atomic mass is 127. The molecule has 0 atom stereocenters. The highest BCUT2D eigenvalue weighted by molar-refractivity contribution is 14.1. The molecule has 0 amide bonds. The first-order chi connectivity index (χ1) is 5.88. The summed E-state index contributed by atoms with van der Waals surface area (Å²) in [7, 11) is 0. The number of aromatic amines is 1. The van der Waals surface area contributed by atoms with Gasteiger partial charge in [-0.2, -0.15) is 4.57 Å². The lowest BCUT2D eigenvalue weighted by Gasteiger charge is -1.91. The van der Waals surface area contributed by atoms with E-state index < -0.39 is 0 Å². The standard InChI is InChI=1S/C6H4IN5.HI/c7-5-1-8-4-12(5)6-10-2-9-3-11-6;/h1-4H;1H. The maximum Gasteiger partial charge on any atom is 0.360 e. The van der Waals surface area contributed by atoms with Gasteiger partial charge in [-0.05, 0) is 22.6 Å². The molecular formula is C6H5I2N5. The zero-order chi connectivity index (χ0) is 8.39. The first-order valence-corrected chi connectivity index (χ1v) is 4.32. The second-order valence-corrected chi connectivity index (χ2v) is 3.18. The van der Waals surface area contributed by atoms with Gasteiger partial charge in [0.15, 0.2) is 6.33 Å². The van der Waals surface area contributed by atoms with E-state index in [1.54, 1.807) is 18.9 Å². The molecule has 1 N–H and O–H groups in total. The fraction of sp³-hybridized carbons (Fsp3) is 0. The maximum atomic E-state index is 4.03. The molecule has 0 aliphatic heterocycles. The van der Waals surface area contributed by atoms with Crippen molar-refractivity contribution >= 4 is 22.6 Å². The van der Waals surface area contributed by atoms with Crippen LogP contribution in [-0.2, 0) is 0 Å². The van der Waals surface area contributed by atoms with Crippen LogP contribution in [0.5, 0.6) is 0 Å². The number of H-pyrrole nitrogens is 1. The molecular weight excluding hydrogens is 396 g/mol. The van der Waals surface area contributed by atoms with Crippen LogP contribution in [0, 0.1) is 3.70 Å². The lowest BCUT2D eigenvalue weighted by molar-refractivity contribution is -0.383. The molecule has 0 saturated heterocycles. The molecule has 0 aliphatic rings. The first kappa shape index (κ1) is 10.8. The van der Waals surface area contributed by atoms with Crippen LogP contribution < -0.4 is 29.0 Å². The van der Waals surface area contributed by atoms with Crippen molar-refractivity contribution in [2.24, 2.45) is 0 Å². The molecule has 0 unspecified atom stereocenters. The number of halogens is 2. The fourth-order valence-electron chi connectivity index (χ4n) is 0.820. The largest absolute Gasteiger partial charge is 1.00 e. The van der Waals surface area contributed by atoms with Crippen LogP contribution in [0.15, 0.2) is 25.2 Å². The topological polar surface area (TPSA) is 57.7 Å². The Bertz CT molecular complexity index is 374. The quantitative estimate of drug-likeness (QED) is 0.482. The molecule has 0 radical (unpaired) electrons. The van der Waals surface area contributed by atoms with Gasteiger partial charge in [0.05, 0.1) is 6.20 Å². The Morgan fingerprint density at radius 2 is 2.23 bits per heavy atom. The van der Waals surface area contributed by atoms with Gasteiger partial charge in [0.1, 0.15) is 10.0 Å². The van der Waals surface area contributed by atoms with E-state index in [0.29, 0.717) is 5.95 Å². The predicted octanol–water partition coefficient (Wildman–Crippen LogP) is -2.91. The second-order valence-electron chi connectivity index (χ2n) is 2.08. The Kier molecular flexibility index (Phi) is 3.96. The summed E-state index contributed by atoms with van der Waals surface area (Å²) in [5.74, 6) is 0.715. The van der Waals surface area contributed by atoms with Crippen LogP contribution in [0.3, 0.4) is 0 Å². The van der Waals surface area contributed by atoms with Crippen molar-refractivity contribution in [2.45, 2.75) is 0 Å². The molecule has 13 heavy (non-hydrogen) atoms. The summed E-state index contributed by atoms with van der Waals surface area (Å²) >= 11 is 2.18. The van der Waals surface area contributed by atoms with Gasteiger partial charge in [-0.15, -0.1) is 4.98 Å². The van der Waals surface area contributed by atoms with E-state index in [2.05, 4.69) is 42.5 Å². The molecule has 2 aromatic rings. The fourth-order valence-corrected chi connectivity index (χ4v) is 1.33. The van der Waals surface area contributed by atoms with Crippen LogP contribution in [0.4, 0.5) is 0 Å². The SMILES string of the molecule is Ic1cncn1-c1ncnc[nH+]1.[I-]. The summed E-state index contributed by atoms with van der Waals surface area (Å²) in [6.07, 6.45) is 6.53. The molecule has 0 aliphatic carbocycles. The summed E-state index contributed by atoms with van der Waals surface area (Å²) in [5.41, 5.74) is 0. The van der Waals surface area contributed by atoms with E-state index in [4.69, 9.17) is 0 Å². The van der Waals surface area contributed by atoms with Crippen molar-refractivity contribution in [3.63, 3.8) is 0 Å². The number of aromatic nitrogens is 5. The van der Waals surface area contributed by atoms with Gasteiger partial charge in [0.2, 0.25) is 6.33 Å². The van der Waals surface area contributed by atoms with Gasteiger partial charge in [0.25, 0.3) is 0 Å². The number of imidazole rings is 1. The monoisotopic (exact) mass is 401 g/mol. The van der Waals surface area contributed by atoms with Crippen LogP contribution in [0.2, 0.25) is 0 Å². The molecule has 0 aromatic carbocycles. The highest BCUT2D eigenvalue weighted by Crippen LogP contribution is 2.05. The summed E-state index contributed by atoms with van der Waals surface area (Å²) in [4.78, 5) is 14.7. The van der Waals surface area contributed by atoms with E-state index in [-0.39, 0.29) is 24.0 Å². The van der Waals surface area contributed by atoms with E-state index in [1.165, 1.54) is 6.33 Å². The number of nitrogens with zero attached hydrogens (tertiary/aromatic N) is 4. The van der Waals surface area contributed by atoms with Crippen LogP contribution in [-0.4, -0.2) is 19.5 Å². The second kappa shape index (κ2) is 4.79. The predicted molar refractivity (Wildman–Crippen MR) is 48.4 cm³/mol. The zero-order valence-electron chi connectivity index (χ0n) is 6.35. The molecule has 2 heterocycles. The van der Waals surface area contributed by atoms with Gasteiger partial charge in [-0.3, -0.25) is 0 Å². The van der Waals surface area contributed by atoms with Gasteiger partial charge in [0, 0.05) is 0 Å². The van der Waals surface area contributed by atoms with Crippen molar-refractivity contribution < 1.29 is 29.0 Å². The minimum Gasteiger partial charge on any atom is -1.00 e.